The van der Waals surface area contributed by atoms with Gasteiger partial charge in [-0.05, 0) is 19.4 Å². The number of aryl methyl sites for hydroxylation is 2. The highest BCUT2D eigenvalue weighted by Crippen LogP contribution is 2.22. The van der Waals surface area contributed by atoms with Crippen molar-refractivity contribution in [1.82, 2.24) is 14.7 Å². The molecule has 1 aromatic carbocycles. The molecule has 4 nitrogen and oxygen atoms in total. The highest BCUT2D eigenvalue weighted by atomic mass is 35.5. The summed E-state index contributed by atoms with van der Waals surface area (Å²) < 4.78 is 1.98. The first-order valence-corrected chi connectivity index (χ1v) is 7.71. The van der Waals surface area contributed by atoms with Crippen LogP contribution in [-0.2, 0) is 19.6 Å². The van der Waals surface area contributed by atoms with Crippen LogP contribution in [0.3, 0.4) is 0 Å². The maximum atomic E-state index is 6.40. The van der Waals surface area contributed by atoms with E-state index >= 15 is 0 Å². The molecule has 0 unspecified atom stereocenters. The molecule has 0 saturated carbocycles. The average Bonchev–Trinajstić information content (AvgIpc) is 2.76. The third kappa shape index (κ3) is 4.06. The summed E-state index contributed by atoms with van der Waals surface area (Å²) in [4.78, 5) is 2.31. The van der Waals surface area contributed by atoms with Crippen molar-refractivity contribution in [3.63, 3.8) is 0 Å². The maximum absolute atomic E-state index is 6.40. The Morgan fingerprint density at radius 1 is 1.24 bits per heavy atom. The Kier molecular flexibility index (Phi) is 5.79. The fraction of sp³-hybridized carbons (Fsp3) is 0.438. The topological polar surface area (TPSA) is 47.1 Å². The lowest BCUT2D eigenvalue weighted by atomic mass is 10.2. The third-order valence-corrected chi connectivity index (χ3v) is 4.01. The van der Waals surface area contributed by atoms with Crippen LogP contribution in [0.25, 0.3) is 0 Å². The van der Waals surface area contributed by atoms with Gasteiger partial charge in [-0.25, -0.2) is 0 Å². The number of aromatic nitrogens is 2. The first-order chi connectivity index (χ1) is 10.2. The molecule has 21 heavy (non-hydrogen) atoms. The third-order valence-electron chi connectivity index (χ3n) is 3.52. The minimum Gasteiger partial charge on any atom is -0.329 e. The Morgan fingerprint density at radius 2 is 1.95 bits per heavy atom. The highest BCUT2D eigenvalue weighted by Gasteiger charge is 2.16. The fourth-order valence-corrected chi connectivity index (χ4v) is 2.67. The van der Waals surface area contributed by atoms with Gasteiger partial charge in [-0.1, -0.05) is 41.9 Å². The summed E-state index contributed by atoms with van der Waals surface area (Å²) in [6, 6.07) is 10.4. The molecule has 0 aliphatic carbocycles. The summed E-state index contributed by atoms with van der Waals surface area (Å²) in [7, 11) is 0. The molecule has 0 aliphatic heterocycles. The molecule has 0 amide bonds. The normalized spacial score (nSPS) is 11.3. The van der Waals surface area contributed by atoms with Crippen LogP contribution in [0.15, 0.2) is 30.3 Å². The van der Waals surface area contributed by atoms with Crippen molar-refractivity contribution in [2.24, 2.45) is 5.73 Å². The molecule has 1 heterocycles. The average molecular weight is 307 g/mol. The number of nitrogens with zero attached hydrogens (tertiary/aromatic N) is 3. The minimum atomic E-state index is 0.629. The van der Waals surface area contributed by atoms with Gasteiger partial charge in [0.05, 0.1) is 16.4 Å². The Morgan fingerprint density at radius 3 is 2.57 bits per heavy atom. The van der Waals surface area contributed by atoms with Crippen molar-refractivity contribution >= 4 is 11.6 Å². The lowest BCUT2D eigenvalue weighted by molar-refractivity contribution is 0.256. The second-order valence-corrected chi connectivity index (χ2v) is 5.52. The van der Waals surface area contributed by atoms with Gasteiger partial charge in [-0.3, -0.25) is 9.58 Å². The number of benzene rings is 1. The van der Waals surface area contributed by atoms with Gasteiger partial charge in [-0.2, -0.15) is 5.10 Å². The summed E-state index contributed by atoms with van der Waals surface area (Å²) in [5.74, 6) is 0. The smallest absolute Gasteiger partial charge is 0.0860 e. The standard InChI is InChI=1S/C16H23ClN4/c1-3-21-15(16(17)13(2)19-21)12-20(10-9-18)11-14-7-5-4-6-8-14/h4-8H,3,9-12,18H2,1-2H3. The molecule has 0 aliphatic rings. The van der Waals surface area contributed by atoms with Gasteiger partial charge in [0.15, 0.2) is 0 Å². The van der Waals surface area contributed by atoms with Gasteiger partial charge < -0.3 is 5.73 Å². The van der Waals surface area contributed by atoms with Crippen molar-refractivity contribution in [3.8, 4) is 0 Å². The van der Waals surface area contributed by atoms with Crippen molar-refractivity contribution in [2.45, 2.75) is 33.5 Å². The van der Waals surface area contributed by atoms with Crippen LogP contribution in [0.1, 0.15) is 23.9 Å². The van der Waals surface area contributed by atoms with Gasteiger partial charge >= 0.3 is 0 Å². The Bertz CT molecular complexity index is 565. The van der Waals surface area contributed by atoms with Crippen LogP contribution in [-0.4, -0.2) is 27.8 Å². The Balaban J connectivity index is 2.16. The van der Waals surface area contributed by atoms with Gasteiger partial charge in [0.1, 0.15) is 0 Å². The molecule has 5 heteroatoms. The molecule has 0 bridgehead atoms. The Hall–Kier alpha value is -1.36. The second-order valence-electron chi connectivity index (χ2n) is 5.15. The summed E-state index contributed by atoms with van der Waals surface area (Å²) in [5, 5.41) is 5.25. The molecule has 114 valence electrons. The van der Waals surface area contributed by atoms with E-state index in [4.69, 9.17) is 17.3 Å². The molecule has 0 fully saturated rings. The van der Waals surface area contributed by atoms with E-state index in [1.165, 1.54) is 5.56 Å². The SMILES string of the molecule is CCn1nc(C)c(Cl)c1CN(CCN)Cc1ccccc1. The van der Waals surface area contributed by atoms with Gasteiger partial charge in [0.2, 0.25) is 0 Å². The van der Waals surface area contributed by atoms with Crippen LogP contribution in [0.4, 0.5) is 0 Å². The molecule has 2 rings (SSSR count). The predicted octanol–water partition coefficient (Wildman–Crippen LogP) is 2.83. The van der Waals surface area contributed by atoms with E-state index in [-0.39, 0.29) is 0 Å². The molecule has 0 atom stereocenters. The predicted molar refractivity (Wildman–Crippen MR) is 87.3 cm³/mol. The molecular formula is C16H23ClN4. The quantitative estimate of drug-likeness (QED) is 0.855. The van der Waals surface area contributed by atoms with Gasteiger partial charge in [0, 0.05) is 32.7 Å². The van der Waals surface area contributed by atoms with Crippen molar-refractivity contribution < 1.29 is 0 Å². The van der Waals surface area contributed by atoms with E-state index in [9.17, 15) is 0 Å². The monoisotopic (exact) mass is 306 g/mol. The first kappa shape index (κ1) is 16.0. The number of halogens is 1. The van der Waals surface area contributed by atoms with Crippen LogP contribution >= 0.6 is 11.6 Å². The summed E-state index contributed by atoms with van der Waals surface area (Å²) in [6.45, 7) is 7.94. The zero-order chi connectivity index (χ0) is 15.2. The van der Waals surface area contributed by atoms with Crippen LogP contribution in [0, 0.1) is 6.92 Å². The van der Waals surface area contributed by atoms with Crippen molar-refractivity contribution in [2.75, 3.05) is 13.1 Å². The molecular weight excluding hydrogens is 284 g/mol. The van der Waals surface area contributed by atoms with Crippen LogP contribution in [0.5, 0.6) is 0 Å². The van der Waals surface area contributed by atoms with E-state index in [0.29, 0.717) is 6.54 Å². The number of hydrogen-bond acceptors (Lipinski definition) is 3. The van der Waals surface area contributed by atoms with E-state index < -0.39 is 0 Å². The molecule has 1 aromatic heterocycles. The zero-order valence-electron chi connectivity index (χ0n) is 12.7. The minimum absolute atomic E-state index is 0.629. The summed E-state index contributed by atoms with van der Waals surface area (Å²) in [5.41, 5.74) is 8.99. The fourth-order valence-electron chi connectivity index (χ4n) is 2.47. The molecule has 0 radical (unpaired) electrons. The second kappa shape index (κ2) is 7.59. The van der Waals surface area contributed by atoms with E-state index in [1.54, 1.807) is 0 Å². The molecule has 2 aromatic rings. The van der Waals surface area contributed by atoms with Crippen LogP contribution < -0.4 is 5.73 Å². The van der Waals surface area contributed by atoms with Gasteiger partial charge in [0.25, 0.3) is 0 Å². The summed E-state index contributed by atoms with van der Waals surface area (Å²) >= 11 is 6.40. The molecule has 2 N–H and O–H groups in total. The Labute approximate surface area is 131 Å². The largest absolute Gasteiger partial charge is 0.329 e. The van der Waals surface area contributed by atoms with E-state index in [2.05, 4.69) is 41.2 Å². The number of nitrogens with two attached hydrogens (primary N) is 1. The maximum Gasteiger partial charge on any atom is 0.0860 e. The van der Waals surface area contributed by atoms with Crippen molar-refractivity contribution in [3.05, 3.63) is 52.3 Å². The molecule has 0 spiro atoms. The van der Waals surface area contributed by atoms with Crippen LogP contribution in [0.2, 0.25) is 5.02 Å². The molecule has 0 saturated heterocycles. The first-order valence-electron chi connectivity index (χ1n) is 7.33. The van der Waals surface area contributed by atoms with Gasteiger partial charge in [-0.15, -0.1) is 0 Å². The van der Waals surface area contributed by atoms with E-state index in [0.717, 1.165) is 42.6 Å². The van der Waals surface area contributed by atoms with Crippen molar-refractivity contribution in [1.29, 1.82) is 0 Å². The van der Waals surface area contributed by atoms with E-state index in [1.807, 2.05) is 17.7 Å². The number of rotatable bonds is 7. The number of hydrogen-bond donors (Lipinski definition) is 1. The highest BCUT2D eigenvalue weighted by molar-refractivity contribution is 6.31. The lowest BCUT2D eigenvalue weighted by Gasteiger charge is -2.22. The lowest BCUT2D eigenvalue weighted by Crippen LogP contribution is -2.29. The zero-order valence-corrected chi connectivity index (χ0v) is 13.5. The summed E-state index contributed by atoms with van der Waals surface area (Å²) in [6.07, 6.45) is 0.